The lowest BCUT2D eigenvalue weighted by Gasteiger charge is -2.29. The highest BCUT2D eigenvalue weighted by Gasteiger charge is 2.24. The first kappa shape index (κ1) is 11.0. The second-order valence-electron chi connectivity index (χ2n) is 4.36. The Morgan fingerprint density at radius 3 is 2.94 bits per heavy atom. The van der Waals surface area contributed by atoms with Crippen molar-refractivity contribution in [3.05, 3.63) is 29.8 Å². The summed E-state index contributed by atoms with van der Waals surface area (Å²) in [6, 6.07) is 8.91. The Morgan fingerprint density at radius 1 is 1.50 bits per heavy atom. The predicted octanol–water partition coefficient (Wildman–Crippen LogP) is 2.15. The van der Waals surface area contributed by atoms with Crippen molar-refractivity contribution in [1.29, 1.82) is 5.41 Å². The van der Waals surface area contributed by atoms with E-state index in [1.807, 2.05) is 0 Å². The average Bonchev–Trinajstić information content (AvgIpc) is 2.69. The SMILES string of the molecule is CCC(CC(=N)N)N1CCc2ccccc21. The molecule has 0 fully saturated rings. The molecule has 1 aliphatic rings. The zero-order valence-electron chi connectivity index (χ0n) is 9.74. The summed E-state index contributed by atoms with van der Waals surface area (Å²) in [7, 11) is 0. The molecule has 0 spiro atoms. The molecular weight excluding hydrogens is 198 g/mol. The van der Waals surface area contributed by atoms with Gasteiger partial charge in [0.1, 0.15) is 0 Å². The number of nitrogens with zero attached hydrogens (tertiary/aromatic N) is 1. The number of anilines is 1. The van der Waals surface area contributed by atoms with Crippen molar-refractivity contribution in [3.8, 4) is 0 Å². The Bertz CT molecular complexity index is 387. The number of hydrogen-bond acceptors (Lipinski definition) is 2. The van der Waals surface area contributed by atoms with Crippen LogP contribution < -0.4 is 10.6 Å². The smallest absolute Gasteiger partial charge is 0.0926 e. The average molecular weight is 217 g/mol. The van der Waals surface area contributed by atoms with Crippen molar-refractivity contribution >= 4 is 11.5 Å². The molecule has 3 heteroatoms. The second-order valence-corrected chi connectivity index (χ2v) is 4.36. The lowest BCUT2D eigenvalue weighted by Crippen LogP contribution is -2.36. The lowest BCUT2D eigenvalue weighted by molar-refractivity contribution is 0.603. The highest BCUT2D eigenvalue weighted by Crippen LogP contribution is 2.30. The maximum Gasteiger partial charge on any atom is 0.0926 e. The molecule has 86 valence electrons. The first-order valence-corrected chi connectivity index (χ1v) is 5.89. The van der Waals surface area contributed by atoms with E-state index in [1.54, 1.807) is 0 Å². The van der Waals surface area contributed by atoms with E-state index in [-0.39, 0.29) is 5.84 Å². The number of rotatable bonds is 4. The highest BCUT2D eigenvalue weighted by atomic mass is 15.2. The van der Waals surface area contributed by atoms with Gasteiger partial charge in [-0.15, -0.1) is 0 Å². The van der Waals surface area contributed by atoms with Gasteiger partial charge in [-0.05, 0) is 24.5 Å². The van der Waals surface area contributed by atoms with Gasteiger partial charge in [0.05, 0.1) is 5.84 Å². The van der Waals surface area contributed by atoms with Crippen LogP contribution in [0.3, 0.4) is 0 Å². The van der Waals surface area contributed by atoms with Gasteiger partial charge in [-0.3, -0.25) is 5.41 Å². The van der Waals surface area contributed by atoms with Crippen LogP contribution in [0.1, 0.15) is 25.3 Å². The zero-order chi connectivity index (χ0) is 11.5. The maximum atomic E-state index is 7.43. The molecule has 1 aromatic rings. The van der Waals surface area contributed by atoms with E-state index >= 15 is 0 Å². The van der Waals surface area contributed by atoms with Crippen LogP contribution in [0.4, 0.5) is 5.69 Å². The molecule has 0 aromatic heterocycles. The Hall–Kier alpha value is -1.51. The van der Waals surface area contributed by atoms with Crippen LogP contribution in [0.15, 0.2) is 24.3 Å². The molecule has 1 aliphatic heterocycles. The van der Waals surface area contributed by atoms with Crippen LogP contribution in [0.5, 0.6) is 0 Å². The van der Waals surface area contributed by atoms with Crippen LogP contribution in [0.25, 0.3) is 0 Å². The number of hydrogen-bond donors (Lipinski definition) is 2. The van der Waals surface area contributed by atoms with Crippen molar-refractivity contribution < 1.29 is 0 Å². The summed E-state index contributed by atoms with van der Waals surface area (Å²) in [6.45, 7) is 3.22. The molecule has 2 rings (SSSR count). The number of para-hydroxylation sites is 1. The summed E-state index contributed by atoms with van der Waals surface area (Å²) in [6.07, 6.45) is 2.82. The largest absolute Gasteiger partial charge is 0.388 e. The van der Waals surface area contributed by atoms with Gasteiger partial charge >= 0.3 is 0 Å². The fourth-order valence-corrected chi connectivity index (χ4v) is 2.47. The standard InChI is InChI=1S/C13H19N3/c1-2-11(9-13(14)15)16-8-7-10-5-3-4-6-12(10)16/h3-6,11H,2,7-9H2,1H3,(H3,14,15). The summed E-state index contributed by atoms with van der Waals surface area (Å²) < 4.78 is 0. The van der Waals surface area contributed by atoms with Gasteiger partial charge in [0.2, 0.25) is 0 Å². The number of benzene rings is 1. The van der Waals surface area contributed by atoms with Gasteiger partial charge in [0.25, 0.3) is 0 Å². The van der Waals surface area contributed by atoms with Crippen molar-refractivity contribution in [3.63, 3.8) is 0 Å². The molecule has 0 aliphatic carbocycles. The first-order valence-electron chi connectivity index (χ1n) is 5.89. The minimum atomic E-state index is 0.288. The van der Waals surface area contributed by atoms with Crippen molar-refractivity contribution in [1.82, 2.24) is 0 Å². The van der Waals surface area contributed by atoms with E-state index in [0.717, 1.165) is 19.4 Å². The summed E-state index contributed by atoms with van der Waals surface area (Å²) in [5.74, 6) is 0.288. The van der Waals surface area contributed by atoms with Gasteiger partial charge in [-0.25, -0.2) is 0 Å². The van der Waals surface area contributed by atoms with E-state index < -0.39 is 0 Å². The monoisotopic (exact) mass is 217 g/mol. The van der Waals surface area contributed by atoms with E-state index in [0.29, 0.717) is 12.5 Å². The topological polar surface area (TPSA) is 53.1 Å². The Morgan fingerprint density at radius 2 is 2.25 bits per heavy atom. The molecule has 3 nitrogen and oxygen atoms in total. The summed E-state index contributed by atoms with van der Waals surface area (Å²) in [5, 5.41) is 7.43. The third kappa shape index (κ3) is 2.03. The number of nitrogens with one attached hydrogen (secondary N) is 1. The Kier molecular flexibility index (Phi) is 3.13. The van der Waals surface area contributed by atoms with Gasteiger partial charge in [-0.2, -0.15) is 0 Å². The molecule has 3 N–H and O–H groups in total. The normalized spacial score (nSPS) is 15.9. The zero-order valence-corrected chi connectivity index (χ0v) is 9.74. The molecule has 16 heavy (non-hydrogen) atoms. The fourth-order valence-electron chi connectivity index (χ4n) is 2.47. The first-order chi connectivity index (χ1) is 7.72. The molecule has 1 aromatic carbocycles. The molecule has 0 saturated heterocycles. The van der Waals surface area contributed by atoms with Gasteiger partial charge in [0.15, 0.2) is 0 Å². The van der Waals surface area contributed by atoms with E-state index in [9.17, 15) is 0 Å². The molecule has 0 bridgehead atoms. The molecule has 0 radical (unpaired) electrons. The molecule has 0 saturated carbocycles. The third-order valence-corrected chi connectivity index (χ3v) is 3.29. The van der Waals surface area contributed by atoms with Crippen LogP contribution in [0.2, 0.25) is 0 Å². The van der Waals surface area contributed by atoms with Crippen LogP contribution in [-0.2, 0) is 6.42 Å². The van der Waals surface area contributed by atoms with Gasteiger partial charge < -0.3 is 10.6 Å². The lowest BCUT2D eigenvalue weighted by atomic mass is 10.1. The minimum Gasteiger partial charge on any atom is -0.388 e. The number of nitrogens with two attached hydrogens (primary N) is 1. The maximum absolute atomic E-state index is 7.43. The quantitative estimate of drug-likeness (QED) is 0.600. The Balaban J connectivity index is 2.19. The summed E-state index contributed by atoms with van der Waals surface area (Å²) in [5.41, 5.74) is 8.26. The summed E-state index contributed by atoms with van der Waals surface area (Å²) in [4.78, 5) is 2.40. The minimum absolute atomic E-state index is 0.288. The molecule has 1 heterocycles. The van der Waals surface area contributed by atoms with Crippen LogP contribution >= 0.6 is 0 Å². The highest BCUT2D eigenvalue weighted by molar-refractivity contribution is 5.78. The van der Waals surface area contributed by atoms with E-state index in [2.05, 4.69) is 36.1 Å². The predicted molar refractivity (Wildman–Crippen MR) is 68.1 cm³/mol. The molecule has 0 amide bonds. The van der Waals surface area contributed by atoms with E-state index in [4.69, 9.17) is 11.1 Å². The molecule has 1 unspecified atom stereocenters. The number of fused-ring (bicyclic) bond motifs is 1. The van der Waals surface area contributed by atoms with E-state index in [1.165, 1.54) is 11.3 Å². The van der Waals surface area contributed by atoms with Gasteiger partial charge in [-0.1, -0.05) is 25.1 Å². The molecule has 1 atom stereocenters. The fraction of sp³-hybridized carbons (Fsp3) is 0.462. The number of amidine groups is 1. The van der Waals surface area contributed by atoms with Crippen molar-refractivity contribution in [2.24, 2.45) is 5.73 Å². The third-order valence-electron chi connectivity index (χ3n) is 3.29. The van der Waals surface area contributed by atoms with Crippen molar-refractivity contribution in [2.75, 3.05) is 11.4 Å². The molecular formula is C13H19N3. The van der Waals surface area contributed by atoms with Crippen LogP contribution in [-0.4, -0.2) is 18.4 Å². The second kappa shape index (κ2) is 4.56. The summed E-state index contributed by atoms with van der Waals surface area (Å²) >= 11 is 0. The van der Waals surface area contributed by atoms with Crippen molar-refractivity contribution in [2.45, 2.75) is 32.2 Å². The Labute approximate surface area is 96.8 Å². The van der Waals surface area contributed by atoms with Gasteiger partial charge in [0, 0.05) is 24.7 Å². The van der Waals surface area contributed by atoms with Crippen LogP contribution in [0, 0.1) is 5.41 Å².